The van der Waals surface area contributed by atoms with Crippen molar-refractivity contribution < 1.29 is 9.53 Å². The maximum absolute atomic E-state index is 11.2. The minimum atomic E-state index is -0.171. The van der Waals surface area contributed by atoms with Gasteiger partial charge in [0, 0.05) is 6.61 Å². The Kier molecular flexibility index (Phi) is 5.09. The van der Waals surface area contributed by atoms with E-state index in [1.54, 1.807) is 0 Å². The lowest BCUT2D eigenvalue weighted by atomic mass is 9.93. The molecule has 1 aliphatic heterocycles. The highest BCUT2D eigenvalue weighted by Crippen LogP contribution is 2.18. The van der Waals surface area contributed by atoms with Crippen LogP contribution in [0, 0.1) is 5.92 Å². The second-order valence-corrected chi connectivity index (χ2v) is 4.73. The Balaban J connectivity index is 2.19. The van der Waals surface area contributed by atoms with Crippen molar-refractivity contribution in [3.8, 4) is 0 Å². The van der Waals surface area contributed by atoms with E-state index in [1.807, 2.05) is 0 Å². The second-order valence-electron chi connectivity index (χ2n) is 4.73. The van der Waals surface area contributed by atoms with Gasteiger partial charge in [-0.2, -0.15) is 0 Å². The highest BCUT2D eigenvalue weighted by Gasteiger charge is 2.39. The van der Waals surface area contributed by atoms with Gasteiger partial charge in [-0.05, 0) is 25.2 Å². The molecule has 0 saturated carbocycles. The molecular weight excluding hydrogens is 190 g/mol. The summed E-state index contributed by atoms with van der Waals surface area (Å²) in [6.07, 6.45) is 4.18. The zero-order chi connectivity index (χ0) is 11.3. The van der Waals surface area contributed by atoms with Crippen molar-refractivity contribution in [3.05, 3.63) is 0 Å². The van der Waals surface area contributed by atoms with Crippen LogP contribution in [0.1, 0.15) is 46.5 Å². The second kappa shape index (κ2) is 6.11. The van der Waals surface area contributed by atoms with Gasteiger partial charge in [-0.1, -0.05) is 27.2 Å². The summed E-state index contributed by atoms with van der Waals surface area (Å²) in [6.45, 7) is 7.24. The highest BCUT2D eigenvalue weighted by molar-refractivity contribution is 5.88. The van der Waals surface area contributed by atoms with Crippen molar-refractivity contribution in [3.63, 3.8) is 0 Å². The van der Waals surface area contributed by atoms with E-state index in [9.17, 15) is 4.79 Å². The molecule has 1 saturated heterocycles. The van der Waals surface area contributed by atoms with E-state index in [0.29, 0.717) is 12.5 Å². The van der Waals surface area contributed by atoms with E-state index in [0.717, 1.165) is 25.7 Å². The van der Waals surface area contributed by atoms with E-state index in [1.165, 1.54) is 0 Å². The predicted molar refractivity (Wildman–Crippen MR) is 60.7 cm³/mol. The minimum Gasteiger partial charge on any atom is -0.366 e. The van der Waals surface area contributed by atoms with Crippen molar-refractivity contribution in [1.29, 1.82) is 0 Å². The van der Waals surface area contributed by atoms with Crippen LogP contribution in [-0.2, 0) is 9.53 Å². The van der Waals surface area contributed by atoms with Crippen molar-refractivity contribution in [1.82, 2.24) is 5.32 Å². The quantitative estimate of drug-likeness (QED) is 0.519. The topological polar surface area (TPSA) is 38.3 Å². The molecule has 1 amide bonds. The summed E-state index contributed by atoms with van der Waals surface area (Å²) in [4.78, 5) is 11.2. The summed E-state index contributed by atoms with van der Waals surface area (Å²) in [6, 6.07) is 0.261. The van der Waals surface area contributed by atoms with Gasteiger partial charge in [0.2, 0.25) is 0 Å². The number of amides is 1. The number of unbranched alkanes of at least 4 members (excludes halogenated alkanes) is 1. The molecule has 1 heterocycles. The summed E-state index contributed by atoms with van der Waals surface area (Å²) in [5.74, 6) is 0.763. The van der Waals surface area contributed by atoms with Gasteiger partial charge < -0.3 is 10.1 Å². The number of rotatable bonds is 7. The lowest BCUT2D eigenvalue weighted by Crippen LogP contribution is -2.63. The number of β-lactam (4-membered cyclic amide) rings is 1. The van der Waals surface area contributed by atoms with E-state index in [4.69, 9.17) is 4.74 Å². The molecule has 0 radical (unpaired) electrons. The largest absolute Gasteiger partial charge is 0.366 e. The Labute approximate surface area is 92.6 Å². The van der Waals surface area contributed by atoms with E-state index in [-0.39, 0.29) is 18.1 Å². The molecule has 3 nitrogen and oxygen atoms in total. The third-order valence-electron chi connectivity index (χ3n) is 2.80. The fourth-order valence-corrected chi connectivity index (χ4v) is 1.71. The van der Waals surface area contributed by atoms with Crippen LogP contribution in [0.25, 0.3) is 0 Å². The number of carbonyl (C=O) groups is 1. The molecule has 0 aromatic carbocycles. The standard InChI is InChI=1S/C12H23NO2/c1-4-5-8-15-11-10(13-12(11)14)7-6-9(2)3/h9-11H,4-8H2,1-3H3,(H,13,14)/t10-,11+/m0/s1. The lowest BCUT2D eigenvalue weighted by Gasteiger charge is -2.36. The maximum atomic E-state index is 11.2. The molecule has 1 N–H and O–H groups in total. The Hall–Kier alpha value is -0.570. The van der Waals surface area contributed by atoms with Crippen LogP contribution in [-0.4, -0.2) is 24.7 Å². The number of hydrogen-bond acceptors (Lipinski definition) is 2. The van der Waals surface area contributed by atoms with Gasteiger partial charge >= 0.3 is 0 Å². The Morgan fingerprint density at radius 2 is 2.20 bits per heavy atom. The third kappa shape index (κ3) is 3.82. The summed E-state index contributed by atoms with van der Waals surface area (Å²) in [5, 5.41) is 2.91. The van der Waals surface area contributed by atoms with Crippen LogP contribution in [0.3, 0.4) is 0 Å². The minimum absolute atomic E-state index is 0.0693. The zero-order valence-electron chi connectivity index (χ0n) is 10.1. The first-order valence-corrected chi connectivity index (χ1v) is 6.07. The average Bonchev–Trinajstić information content (AvgIpc) is 2.18. The molecule has 0 aromatic heterocycles. The first-order valence-electron chi connectivity index (χ1n) is 6.07. The third-order valence-corrected chi connectivity index (χ3v) is 2.80. The van der Waals surface area contributed by atoms with Crippen LogP contribution in [0.5, 0.6) is 0 Å². The van der Waals surface area contributed by atoms with Gasteiger partial charge in [0.25, 0.3) is 5.91 Å². The molecule has 0 aliphatic carbocycles. The van der Waals surface area contributed by atoms with Gasteiger partial charge in [-0.15, -0.1) is 0 Å². The maximum Gasteiger partial charge on any atom is 0.251 e. The Morgan fingerprint density at radius 3 is 2.73 bits per heavy atom. The van der Waals surface area contributed by atoms with Crippen molar-refractivity contribution in [2.45, 2.75) is 58.6 Å². The SMILES string of the molecule is CCCCO[C@H]1C(=O)N[C@H]1CCC(C)C. The molecule has 0 unspecified atom stereocenters. The normalized spacial score (nSPS) is 25.2. The van der Waals surface area contributed by atoms with Crippen LogP contribution >= 0.6 is 0 Å². The molecular formula is C12H23NO2. The first kappa shape index (κ1) is 12.5. The smallest absolute Gasteiger partial charge is 0.251 e. The molecule has 2 atom stereocenters. The number of ether oxygens (including phenoxy) is 1. The lowest BCUT2D eigenvalue weighted by molar-refractivity contribution is -0.148. The summed E-state index contributed by atoms with van der Waals surface area (Å²) in [5.41, 5.74) is 0. The molecule has 3 heteroatoms. The molecule has 0 aromatic rings. The van der Waals surface area contributed by atoms with Gasteiger partial charge in [-0.25, -0.2) is 0 Å². The van der Waals surface area contributed by atoms with Crippen LogP contribution in [0.2, 0.25) is 0 Å². The zero-order valence-corrected chi connectivity index (χ0v) is 10.1. The van der Waals surface area contributed by atoms with Crippen molar-refractivity contribution >= 4 is 5.91 Å². The van der Waals surface area contributed by atoms with Crippen LogP contribution in [0.4, 0.5) is 0 Å². The molecule has 15 heavy (non-hydrogen) atoms. The number of hydrogen-bond donors (Lipinski definition) is 1. The molecule has 0 bridgehead atoms. The molecule has 0 spiro atoms. The summed E-state index contributed by atoms with van der Waals surface area (Å²) < 4.78 is 5.56. The Morgan fingerprint density at radius 1 is 1.47 bits per heavy atom. The monoisotopic (exact) mass is 213 g/mol. The van der Waals surface area contributed by atoms with Crippen LogP contribution in [0.15, 0.2) is 0 Å². The van der Waals surface area contributed by atoms with E-state index < -0.39 is 0 Å². The summed E-state index contributed by atoms with van der Waals surface area (Å²) in [7, 11) is 0. The molecule has 1 rings (SSSR count). The summed E-state index contributed by atoms with van der Waals surface area (Å²) >= 11 is 0. The van der Waals surface area contributed by atoms with Gasteiger partial charge in [0.05, 0.1) is 6.04 Å². The number of nitrogens with one attached hydrogen (secondary N) is 1. The van der Waals surface area contributed by atoms with E-state index in [2.05, 4.69) is 26.1 Å². The van der Waals surface area contributed by atoms with Gasteiger partial charge in [0.15, 0.2) is 6.10 Å². The Bertz CT molecular complexity index is 204. The fourth-order valence-electron chi connectivity index (χ4n) is 1.71. The average molecular weight is 213 g/mol. The highest BCUT2D eigenvalue weighted by atomic mass is 16.5. The van der Waals surface area contributed by atoms with Crippen molar-refractivity contribution in [2.75, 3.05) is 6.61 Å². The van der Waals surface area contributed by atoms with Crippen LogP contribution < -0.4 is 5.32 Å². The van der Waals surface area contributed by atoms with E-state index >= 15 is 0 Å². The molecule has 1 aliphatic rings. The van der Waals surface area contributed by atoms with Crippen molar-refractivity contribution in [2.24, 2.45) is 5.92 Å². The first-order chi connectivity index (χ1) is 7.15. The van der Waals surface area contributed by atoms with Gasteiger partial charge in [0.1, 0.15) is 0 Å². The molecule has 1 fully saturated rings. The number of carbonyl (C=O) groups excluding carboxylic acids is 1. The van der Waals surface area contributed by atoms with Gasteiger partial charge in [-0.3, -0.25) is 4.79 Å². The molecule has 88 valence electrons. The fraction of sp³-hybridized carbons (Fsp3) is 0.917. The predicted octanol–water partition coefficient (Wildman–Crippen LogP) is 2.11.